The number of hydrogen-bond donors (Lipinski definition) is 3. The number of allylic oxidation sites excluding steroid dienone is 2. The zero-order chi connectivity index (χ0) is 22.2. The molecule has 0 aromatic carbocycles. The largest absolute Gasteiger partial charge is 0.444 e. The first-order chi connectivity index (χ1) is 14.1. The van der Waals surface area contributed by atoms with Crippen molar-refractivity contribution < 1.29 is 24.5 Å². The van der Waals surface area contributed by atoms with E-state index in [1.54, 1.807) is 0 Å². The summed E-state index contributed by atoms with van der Waals surface area (Å²) in [5, 5.41) is 23.4. The smallest absolute Gasteiger partial charge is 0.331 e. The number of esters is 1. The normalized spacial score (nSPS) is 42.5. The maximum atomic E-state index is 13.4. The van der Waals surface area contributed by atoms with Crippen molar-refractivity contribution in [3.8, 4) is 0 Å². The Morgan fingerprint density at radius 1 is 1.23 bits per heavy atom. The van der Waals surface area contributed by atoms with Gasteiger partial charge in [-0.15, -0.1) is 0 Å². The lowest BCUT2D eigenvalue weighted by Gasteiger charge is -2.45. The van der Waals surface area contributed by atoms with Gasteiger partial charge >= 0.3 is 5.97 Å². The molecule has 3 rings (SSSR count). The summed E-state index contributed by atoms with van der Waals surface area (Å²) in [6, 6.07) is -0.0792. The molecule has 0 unspecified atom stereocenters. The fourth-order valence-electron chi connectivity index (χ4n) is 5.27. The molecule has 0 bridgehead atoms. The molecule has 1 fully saturated rings. The predicted molar refractivity (Wildman–Crippen MR) is 114 cm³/mol. The zero-order valence-electron chi connectivity index (χ0n) is 18.6. The summed E-state index contributed by atoms with van der Waals surface area (Å²) >= 11 is 0. The average molecular weight is 418 g/mol. The Balaban J connectivity index is 2.13. The van der Waals surface area contributed by atoms with Crippen LogP contribution in [0.15, 0.2) is 35.5 Å². The number of ether oxygens (including phenoxy) is 1. The summed E-state index contributed by atoms with van der Waals surface area (Å²) in [5.41, 5.74) is 0.858. The van der Waals surface area contributed by atoms with Crippen LogP contribution < -0.4 is 5.32 Å². The number of carbonyl (C=O) groups is 2. The van der Waals surface area contributed by atoms with Crippen LogP contribution in [0.3, 0.4) is 0 Å². The van der Waals surface area contributed by atoms with Crippen LogP contribution in [-0.4, -0.2) is 45.9 Å². The Hall–Kier alpha value is -1.92. The second-order valence-electron chi connectivity index (χ2n) is 9.64. The van der Waals surface area contributed by atoms with E-state index in [-0.39, 0.29) is 29.7 Å². The number of rotatable bonds is 2. The minimum atomic E-state index is -1.32. The molecule has 0 saturated carbocycles. The quantitative estimate of drug-likeness (QED) is 0.474. The standard InChI is InChI=1S/C24H35NO5/c1-13(2)10-18-22-16(5)15(4)12-17-11-14(3)6-7-19(26)20(27)8-9-21(28)30-24(17,22)23(29)25-18/h8-9,11-13,16-20,22,26-27H,6-7,10H2,1-5H3,(H,25,29)/b9-8+,14-11-/t16-,17-,18+,19-,20+,22-,24+/m0/s1. The number of aliphatic hydroxyl groups is 2. The van der Waals surface area contributed by atoms with E-state index in [4.69, 9.17) is 4.74 Å². The van der Waals surface area contributed by atoms with Gasteiger partial charge in [-0.1, -0.05) is 44.1 Å². The van der Waals surface area contributed by atoms with Gasteiger partial charge in [0.25, 0.3) is 5.91 Å². The van der Waals surface area contributed by atoms with Crippen LogP contribution in [0.2, 0.25) is 0 Å². The van der Waals surface area contributed by atoms with Crippen molar-refractivity contribution >= 4 is 11.9 Å². The minimum Gasteiger partial charge on any atom is -0.444 e. The van der Waals surface area contributed by atoms with Gasteiger partial charge in [0.2, 0.25) is 5.60 Å². The fourth-order valence-corrected chi connectivity index (χ4v) is 5.27. The summed E-state index contributed by atoms with van der Waals surface area (Å²) in [5.74, 6) is -1.02. The Labute approximate surface area is 179 Å². The van der Waals surface area contributed by atoms with Gasteiger partial charge in [0.05, 0.1) is 12.2 Å². The second kappa shape index (κ2) is 8.67. The zero-order valence-corrected chi connectivity index (χ0v) is 18.6. The van der Waals surface area contributed by atoms with E-state index in [1.807, 2.05) is 13.0 Å². The van der Waals surface area contributed by atoms with E-state index >= 15 is 0 Å². The van der Waals surface area contributed by atoms with Crippen molar-refractivity contribution in [3.63, 3.8) is 0 Å². The van der Waals surface area contributed by atoms with Crippen LogP contribution >= 0.6 is 0 Å². The predicted octanol–water partition coefficient (Wildman–Crippen LogP) is 2.66. The van der Waals surface area contributed by atoms with Crippen molar-refractivity contribution in [3.05, 3.63) is 35.5 Å². The molecular formula is C24H35NO5. The highest BCUT2D eigenvalue weighted by atomic mass is 16.6. The molecule has 0 radical (unpaired) electrons. The highest BCUT2D eigenvalue weighted by molar-refractivity contribution is 5.94. The van der Waals surface area contributed by atoms with Gasteiger partial charge in [0, 0.05) is 24.0 Å². The molecule has 0 aromatic rings. The van der Waals surface area contributed by atoms with E-state index in [9.17, 15) is 19.8 Å². The first-order valence-electron chi connectivity index (χ1n) is 11.0. The maximum absolute atomic E-state index is 13.4. The van der Waals surface area contributed by atoms with Crippen molar-refractivity contribution in [2.24, 2.45) is 23.7 Å². The third-order valence-corrected chi connectivity index (χ3v) is 6.91. The Morgan fingerprint density at radius 2 is 1.93 bits per heavy atom. The fraction of sp³-hybridized carbons (Fsp3) is 0.667. The van der Waals surface area contributed by atoms with Crippen molar-refractivity contribution in [1.29, 1.82) is 0 Å². The van der Waals surface area contributed by atoms with Gasteiger partial charge < -0.3 is 20.3 Å². The van der Waals surface area contributed by atoms with E-state index in [0.717, 1.165) is 18.1 Å². The van der Waals surface area contributed by atoms with E-state index in [0.29, 0.717) is 18.8 Å². The molecule has 166 valence electrons. The number of amides is 1. The highest BCUT2D eigenvalue weighted by Crippen LogP contribution is 2.50. The van der Waals surface area contributed by atoms with Crippen LogP contribution in [0.5, 0.6) is 0 Å². The van der Waals surface area contributed by atoms with Gasteiger partial charge in [-0.2, -0.15) is 0 Å². The number of hydrogen-bond acceptors (Lipinski definition) is 5. The average Bonchev–Trinajstić information content (AvgIpc) is 2.93. The molecule has 1 spiro atoms. The van der Waals surface area contributed by atoms with Gasteiger partial charge in [0.15, 0.2) is 0 Å². The molecule has 6 nitrogen and oxygen atoms in total. The summed E-state index contributed by atoms with van der Waals surface area (Å²) < 4.78 is 5.99. The molecule has 0 aromatic heterocycles. The molecule has 1 amide bonds. The highest BCUT2D eigenvalue weighted by Gasteiger charge is 2.64. The summed E-state index contributed by atoms with van der Waals surface area (Å²) in [6.45, 7) is 10.4. The van der Waals surface area contributed by atoms with E-state index in [2.05, 4.69) is 39.1 Å². The van der Waals surface area contributed by atoms with Crippen LogP contribution in [0.25, 0.3) is 0 Å². The van der Waals surface area contributed by atoms with Crippen LogP contribution in [0, 0.1) is 23.7 Å². The van der Waals surface area contributed by atoms with E-state index < -0.39 is 23.8 Å². The third kappa shape index (κ3) is 4.12. The molecule has 3 N–H and O–H groups in total. The van der Waals surface area contributed by atoms with Crippen LogP contribution in [0.1, 0.15) is 53.9 Å². The number of aliphatic hydroxyl groups excluding tert-OH is 2. The van der Waals surface area contributed by atoms with Gasteiger partial charge in [-0.25, -0.2) is 4.79 Å². The lowest BCUT2D eigenvalue weighted by Crippen LogP contribution is -2.56. The monoisotopic (exact) mass is 417 g/mol. The minimum absolute atomic E-state index is 0.0785. The summed E-state index contributed by atoms with van der Waals surface area (Å²) in [4.78, 5) is 26.2. The van der Waals surface area contributed by atoms with Gasteiger partial charge in [-0.3, -0.25) is 4.79 Å². The third-order valence-electron chi connectivity index (χ3n) is 6.91. The van der Waals surface area contributed by atoms with Crippen molar-refractivity contribution in [2.75, 3.05) is 0 Å². The molecule has 30 heavy (non-hydrogen) atoms. The number of carbonyl (C=O) groups excluding carboxylic acids is 2. The van der Waals surface area contributed by atoms with Gasteiger partial charge in [-0.05, 0) is 51.0 Å². The SMILES string of the molecule is CC1=C[C@@H]2/C=C(/C)CC[C@H](O)[C@H](O)/C=C/C(=O)O[C@]23C(=O)N[C@H](CC(C)C)[C@@H]3[C@H]1C. The molecule has 2 heterocycles. The second-order valence-corrected chi connectivity index (χ2v) is 9.64. The lowest BCUT2D eigenvalue weighted by atomic mass is 9.63. The molecule has 3 aliphatic rings. The number of nitrogens with one attached hydrogen (secondary N) is 1. The molecule has 1 aliphatic carbocycles. The van der Waals surface area contributed by atoms with Crippen molar-refractivity contribution in [2.45, 2.75) is 77.7 Å². The van der Waals surface area contributed by atoms with Gasteiger partial charge in [0.1, 0.15) is 0 Å². The maximum Gasteiger partial charge on any atom is 0.331 e. The molecule has 1 saturated heterocycles. The topological polar surface area (TPSA) is 95.9 Å². The summed E-state index contributed by atoms with van der Waals surface area (Å²) in [6.07, 6.45) is 6.06. The molecule has 7 atom stereocenters. The molecular weight excluding hydrogens is 382 g/mol. The van der Waals surface area contributed by atoms with Crippen LogP contribution in [-0.2, 0) is 14.3 Å². The Kier molecular flexibility index (Phi) is 6.58. The molecule has 2 aliphatic heterocycles. The first kappa shape index (κ1) is 22.8. The molecule has 6 heteroatoms. The van der Waals surface area contributed by atoms with E-state index in [1.165, 1.54) is 11.6 Å². The Morgan fingerprint density at radius 3 is 2.60 bits per heavy atom. The van der Waals surface area contributed by atoms with Crippen LogP contribution in [0.4, 0.5) is 0 Å². The first-order valence-corrected chi connectivity index (χ1v) is 11.0. The van der Waals surface area contributed by atoms with Crippen molar-refractivity contribution in [1.82, 2.24) is 5.32 Å². The lowest BCUT2D eigenvalue weighted by molar-refractivity contribution is -0.172. The summed E-state index contributed by atoms with van der Waals surface area (Å²) in [7, 11) is 0. The Bertz CT molecular complexity index is 782.